The highest BCUT2D eigenvalue weighted by Gasteiger charge is 1.93. The Labute approximate surface area is 59.6 Å². The lowest BCUT2D eigenvalue weighted by atomic mass is 10.6. The maximum atomic E-state index is 10.2. The van der Waals surface area contributed by atoms with Gasteiger partial charge in [0.15, 0.2) is 0 Å². The number of rotatable bonds is 1. The Kier molecular flexibility index (Phi) is 1.93. The first-order valence-electron chi connectivity index (χ1n) is 2.37. The molecule has 0 bridgehead atoms. The Bertz CT molecular complexity index is 264. The van der Waals surface area contributed by atoms with Gasteiger partial charge in [0.25, 0.3) is 0 Å². The van der Waals surface area contributed by atoms with Crippen molar-refractivity contribution in [2.24, 2.45) is 0 Å². The molecule has 5 nitrogen and oxygen atoms in total. The first-order chi connectivity index (χ1) is 4.70. The van der Waals surface area contributed by atoms with Gasteiger partial charge >= 0.3 is 0 Å². The van der Waals surface area contributed by atoms with E-state index in [-0.39, 0.29) is 10.8 Å². The van der Waals surface area contributed by atoms with Gasteiger partial charge in [-0.15, -0.1) is 0 Å². The molecule has 0 saturated carbocycles. The number of aromatic nitrogens is 2. The molecule has 0 aliphatic heterocycles. The monoisotopic (exact) mass is 158 g/mol. The number of nitrogens with zero attached hydrogens (tertiary/aromatic N) is 2. The van der Waals surface area contributed by atoms with E-state index in [4.69, 9.17) is 5.73 Å². The SMILES string of the molecule is Nc1cc(S(=O)[O-])ncn1. The molecule has 0 aromatic carbocycles. The summed E-state index contributed by atoms with van der Waals surface area (Å²) < 4.78 is 20.4. The minimum atomic E-state index is -2.32. The van der Waals surface area contributed by atoms with Gasteiger partial charge in [-0.25, -0.2) is 9.97 Å². The topological polar surface area (TPSA) is 91.9 Å². The van der Waals surface area contributed by atoms with E-state index in [1.807, 2.05) is 0 Å². The van der Waals surface area contributed by atoms with E-state index in [1.54, 1.807) is 0 Å². The molecule has 0 amide bonds. The predicted molar refractivity (Wildman–Crippen MR) is 33.6 cm³/mol. The zero-order valence-corrected chi connectivity index (χ0v) is 5.67. The summed E-state index contributed by atoms with van der Waals surface area (Å²) in [5.41, 5.74) is 5.17. The molecule has 1 heterocycles. The van der Waals surface area contributed by atoms with Gasteiger partial charge in [0.1, 0.15) is 17.2 Å². The molecule has 0 saturated heterocycles. The maximum Gasteiger partial charge on any atom is 0.127 e. The zero-order valence-electron chi connectivity index (χ0n) is 4.85. The van der Waals surface area contributed by atoms with E-state index in [1.165, 1.54) is 6.07 Å². The Morgan fingerprint density at radius 3 is 2.70 bits per heavy atom. The van der Waals surface area contributed by atoms with Crippen molar-refractivity contribution in [2.75, 3.05) is 5.73 Å². The molecule has 1 rings (SSSR count). The van der Waals surface area contributed by atoms with Gasteiger partial charge in [0.2, 0.25) is 0 Å². The Balaban J connectivity index is 3.07. The molecule has 1 unspecified atom stereocenters. The Morgan fingerprint density at radius 1 is 1.60 bits per heavy atom. The highest BCUT2D eigenvalue weighted by Crippen LogP contribution is 2.01. The van der Waals surface area contributed by atoms with Crippen LogP contribution in [0.2, 0.25) is 0 Å². The average molecular weight is 158 g/mol. The van der Waals surface area contributed by atoms with E-state index in [9.17, 15) is 8.76 Å². The smallest absolute Gasteiger partial charge is 0.127 e. The fraction of sp³-hybridized carbons (Fsp3) is 0. The molecular formula is C4H4N3O2S-. The van der Waals surface area contributed by atoms with Crippen molar-refractivity contribution in [1.82, 2.24) is 9.97 Å². The van der Waals surface area contributed by atoms with Crippen molar-refractivity contribution < 1.29 is 8.76 Å². The third-order valence-electron chi connectivity index (χ3n) is 0.834. The lowest BCUT2D eigenvalue weighted by Crippen LogP contribution is -1.97. The van der Waals surface area contributed by atoms with Crippen molar-refractivity contribution >= 4 is 16.9 Å². The van der Waals surface area contributed by atoms with Crippen molar-refractivity contribution in [3.8, 4) is 0 Å². The molecule has 0 radical (unpaired) electrons. The number of hydrogen-bond donors (Lipinski definition) is 1. The lowest BCUT2D eigenvalue weighted by molar-refractivity contribution is 0.533. The first kappa shape index (κ1) is 7.10. The Hall–Kier alpha value is -1.01. The van der Waals surface area contributed by atoms with E-state index in [2.05, 4.69) is 9.97 Å². The lowest BCUT2D eigenvalue weighted by Gasteiger charge is -2.01. The summed E-state index contributed by atoms with van der Waals surface area (Å²) in [5, 5.41) is -0.0903. The molecule has 0 spiro atoms. The van der Waals surface area contributed by atoms with Crippen molar-refractivity contribution in [3.05, 3.63) is 12.4 Å². The first-order valence-corrected chi connectivity index (χ1v) is 3.44. The van der Waals surface area contributed by atoms with E-state index >= 15 is 0 Å². The standard InChI is InChI=1S/C4H5N3O2S/c5-3-1-4(10(8)9)7-2-6-3/h1-2H,(H,8,9)(H2,5,6,7)/p-1. The van der Waals surface area contributed by atoms with Crippen LogP contribution in [0.1, 0.15) is 0 Å². The summed E-state index contributed by atoms with van der Waals surface area (Å²) in [4.78, 5) is 6.95. The van der Waals surface area contributed by atoms with Gasteiger partial charge in [0, 0.05) is 6.07 Å². The molecule has 1 atom stereocenters. The van der Waals surface area contributed by atoms with Gasteiger partial charge in [-0.2, -0.15) is 0 Å². The van der Waals surface area contributed by atoms with Crippen LogP contribution < -0.4 is 5.73 Å². The molecule has 0 fully saturated rings. The van der Waals surface area contributed by atoms with Gasteiger partial charge in [-0.3, -0.25) is 4.21 Å². The van der Waals surface area contributed by atoms with Gasteiger partial charge in [0.05, 0.1) is 0 Å². The maximum absolute atomic E-state index is 10.2. The molecule has 1 aromatic rings. The molecule has 0 aliphatic rings. The summed E-state index contributed by atoms with van der Waals surface area (Å²) in [6, 6.07) is 1.18. The quantitative estimate of drug-likeness (QED) is 0.431. The number of nitrogen functional groups attached to an aromatic ring is 1. The van der Waals surface area contributed by atoms with Gasteiger partial charge < -0.3 is 10.3 Å². The number of hydrogen-bond acceptors (Lipinski definition) is 5. The number of anilines is 1. The number of nitrogens with two attached hydrogens (primary N) is 1. The Morgan fingerprint density at radius 2 is 2.30 bits per heavy atom. The average Bonchev–Trinajstić information content (AvgIpc) is 1.88. The van der Waals surface area contributed by atoms with Gasteiger partial charge in [-0.05, 0) is 11.1 Å². The highest BCUT2D eigenvalue weighted by molar-refractivity contribution is 7.79. The molecular weight excluding hydrogens is 154 g/mol. The largest absolute Gasteiger partial charge is 0.767 e. The second-order valence-corrected chi connectivity index (χ2v) is 2.40. The van der Waals surface area contributed by atoms with Crippen LogP contribution >= 0.6 is 0 Å². The fourth-order valence-electron chi connectivity index (χ4n) is 0.445. The van der Waals surface area contributed by atoms with Crippen molar-refractivity contribution in [1.29, 1.82) is 0 Å². The third kappa shape index (κ3) is 1.49. The molecule has 10 heavy (non-hydrogen) atoms. The van der Waals surface area contributed by atoms with Crippen LogP contribution in [0.3, 0.4) is 0 Å². The summed E-state index contributed by atoms with van der Waals surface area (Å²) in [5.74, 6) is 0.147. The minimum Gasteiger partial charge on any atom is -0.767 e. The third-order valence-corrected chi connectivity index (χ3v) is 1.40. The predicted octanol–water partition coefficient (Wildman–Crippen LogP) is -0.703. The second kappa shape index (κ2) is 2.72. The minimum absolute atomic E-state index is 0.0903. The molecule has 0 aliphatic carbocycles. The van der Waals surface area contributed by atoms with Crippen LogP contribution in [-0.2, 0) is 11.1 Å². The van der Waals surface area contributed by atoms with E-state index in [0.717, 1.165) is 6.33 Å². The van der Waals surface area contributed by atoms with Crippen LogP contribution in [0.5, 0.6) is 0 Å². The van der Waals surface area contributed by atoms with Crippen LogP contribution in [0.4, 0.5) is 5.82 Å². The van der Waals surface area contributed by atoms with Crippen LogP contribution in [0.25, 0.3) is 0 Å². The molecule has 2 N–H and O–H groups in total. The summed E-state index contributed by atoms with van der Waals surface area (Å²) in [6.07, 6.45) is 1.10. The van der Waals surface area contributed by atoms with Gasteiger partial charge in [-0.1, -0.05) is 0 Å². The molecule has 6 heteroatoms. The van der Waals surface area contributed by atoms with E-state index < -0.39 is 11.1 Å². The summed E-state index contributed by atoms with van der Waals surface area (Å²) >= 11 is -2.32. The second-order valence-electron chi connectivity index (χ2n) is 1.52. The normalized spacial score (nSPS) is 12.9. The van der Waals surface area contributed by atoms with Crippen LogP contribution in [0.15, 0.2) is 17.4 Å². The summed E-state index contributed by atoms with van der Waals surface area (Å²) in [6.45, 7) is 0. The van der Waals surface area contributed by atoms with Crippen molar-refractivity contribution in [3.63, 3.8) is 0 Å². The molecule has 1 aromatic heterocycles. The van der Waals surface area contributed by atoms with Crippen LogP contribution in [-0.4, -0.2) is 18.7 Å². The fourth-order valence-corrected chi connectivity index (χ4v) is 0.795. The highest BCUT2D eigenvalue weighted by atomic mass is 32.2. The van der Waals surface area contributed by atoms with Crippen LogP contribution in [0, 0.1) is 0 Å². The van der Waals surface area contributed by atoms with Crippen molar-refractivity contribution in [2.45, 2.75) is 5.03 Å². The summed E-state index contributed by atoms with van der Waals surface area (Å²) in [7, 11) is 0. The van der Waals surface area contributed by atoms with E-state index in [0.29, 0.717) is 0 Å². The molecule has 54 valence electrons. The zero-order chi connectivity index (χ0) is 7.56.